The van der Waals surface area contributed by atoms with Gasteiger partial charge < -0.3 is 38.7 Å². The summed E-state index contributed by atoms with van der Waals surface area (Å²) < 4.78 is 25.3. The number of benzene rings is 4. The van der Waals surface area contributed by atoms with Crippen molar-refractivity contribution < 1.29 is 18.9 Å². The summed E-state index contributed by atoms with van der Waals surface area (Å²) >= 11 is 0. The largest absolute Gasteiger partial charge is 0.494 e. The summed E-state index contributed by atoms with van der Waals surface area (Å²) in [4.78, 5) is 23.9. The number of hydrogen-bond donors (Lipinski definition) is 2. The third kappa shape index (κ3) is 17.2. The zero-order chi connectivity index (χ0) is 59.0. The van der Waals surface area contributed by atoms with Crippen molar-refractivity contribution in [3.8, 4) is 67.5 Å². The minimum atomic E-state index is 0.658. The van der Waals surface area contributed by atoms with E-state index >= 15 is 0 Å². The number of aromatic nitrogens is 4. The first-order valence-corrected chi connectivity index (χ1v) is 32.4. The Labute approximate surface area is 507 Å². The maximum atomic E-state index is 6.38. The van der Waals surface area contributed by atoms with Crippen molar-refractivity contribution in [3.63, 3.8) is 0 Å². The summed E-state index contributed by atoms with van der Waals surface area (Å²) in [7, 11) is 0. The Morgan fingerprint density at radius 1 is 0.294 bits per heavy atom. The van der Waals surface area contributed by atoms with Crippen LogP contribution in [0.1, 0.15) is 161 Å². The van der Waals surface area contributed by atoms with Gasteiger partial charge in [0.15, 0.2) is 0 Å². The molecule has 0 radical (unpaired) electrons. The predicted octanol–water partition coefficient (Wildman–Crippen LogP) is 19.4. The second kappa shape index (κ2) is 32.8. The number of nitrogens with one attached hydrogen (secondary N) is 2. The molecule has 0 saturated heterocycles. The molecule has 5 heterocycles. The number of fused-ring (bicyclic) bond motifs is 8. The molecule has 0 amide bonds. The number of hydrogen-bond acceptors (Lipinski definition) is 8. The highest BCUT2D eigenvalue weighted by molar-refractivity contribution is 6.00. The molecule has 0 saturated carbocycles. The van der Waals surface area contributed by atoms with Gasteiger partial charge in [0.2, 0.25) is 0 Å². The highest BCUT2D eigenvalue weighted by atomic mass is 16.5. The normalized spacial score (nSPS) is 12.0. The van der Waals surface area contributed by atoms with E-state index in [2.05, 4.69) is 207 Å². The van der Waals surface area contributed by atoms with E-state index in [0.717, 1.165) is 190 Å². The second-order valence-electron chi connectivity index (χ2n) is 22.6. The van der Waals surface area contributed by atoms with E-state index in [4.69, 9.17) is 28.9 Å². The van der Waals surface area contributed by atoms with Crippen LogP contribution in [0.2, 0.25) is 0 Å². The van der Waals surface area contributed by atoms with Crippen LogP contribution < -0.4 is 18.9 Å². The van der Waals surface area contributed by atoms with Crippen molar-refractivity contribution >= 4 is 46.4 Å². The Bertz CT molecular complexity index is 3390. The van der Waals surface area contributed by atoms with Crippen LogP contribution in [-0.2, 0) is 0 Å². The van der Waals surface area contributed by atoms with Crippen LogP contribution in [0.3, 0.4) is 0 Å². The summed E-state index contributed by atoms with van der Waals surface area (Å²) in [5.74, 6) is 3.43. The molecule has 0 unspecified atom stereocenters. The molecule has 2 aliphatic rings. The number of aromatic amines is 2. The molecule has 3 aromatic heterocycles. The van der Waals surface area contributed by atoms with Crippen molar-refractivity contribution in [1.29, 1.82) is 0 Å². The first-order chi connectivity index (χ1) is 41.9. The summed E-state index contributed by atoms with van der Waals surface area (Å²) in [6.07, 6.45) is 26.9. The minimum absolute atomic E-state index is 0.658. The molecule has 2 aliphatic heterocycles. The summed E-state index contributed by atoms with van der Waals surface area (Å²) in [6, 6.07) is 42.8. The molecule has 10 nitrogen and oxygen atoms in total. The third-order valence-corrected chi connectivity index (χ3v) is 16.7. The number of unbranched alkanes of at least 4 members (excludes halogenated alkanes) is 11. The predicted molar refractivity (Wildman–Crippen MR) is 359 cm³/mol. The molecule has 85 heavy (non-hydrogen) atoms. The zero-order valence-electron chi connectivity index (χ0n) is 52.0. The highest BCUT2D eigenvalue weighted by Gasteiger charge is 2.20. The monoisotopic (exact) mass is 1140 g/mol. The molecule has 448 valence electrons. The van der Waals surface area contributed by atoms with Crippen LogP contribution in [0.15, 0.2) is 121 Å². The van der Waals surface area contributed by atoms with Gasteiger partial charge in [0.05, 0.1) is 49.2 Å². The molecule has 9 rings (SSSR count). The SMILES string of the molecule is CCCCCCCCCCCCOc1ccc(-c2c3nc(c(-c4ccc(OCCCN(CC)CC)cc4)c4ccc([nH]4)c(-c4ccc(OCCCN(CC)CC)cc4)c4nc(c(-c5ccc(OCCCCC)cc5)c5ccc2[nH]5)C=C4)C=C3)cc1. The summed E-state index contributed by atoms with van der Waals surface area (Å²) in [5.41, 5.74) is 15.2. The van der Waals surface area contributed by atoms with Gasteiger partial charge in [0.1, 0.15) is 23.0 Å². The molecule has 0 spiro atoms. The first kappa shape index (κ1) is 62.1. The van der Waals surface area contributed by atoms with E-state index in [1.54, 1.807) is 0 Å². The van der Waals surface area contributed by atoms with Crippen molar-refractivity contribution in [1.82, 2.24) is 29.7 Å². The number of nitrogens with zero attached hydrogens (tertiary/aromatic N) is 4. The number of H-pyrrole nitrogens is 2. The van der Waals surface area contributed by atoms with Crippen molar-refractivity contribution in [2.75, 3.05) is 65.7 Å². The topological polar surface area (TPSA) is 101 Å². The maximum Gasteiger partial charge on any atom is 0.119 e. The standard InChI is InChI=1S/C75H94N6O4/c1-7-13-15-16-17-18-19-20-21-23-53-83-61-36-28-57(29-37-61)73-66-43-42-64(76-66)72(56-26-34-60(35-27-56)82-52-22-14-8-2)65-44-46-68(77-65)74(58-30-38-62(39-31-58)84-54-24-50-80(9-3)10-4)70-48-49-71(79-70)75(69-47-45-67(73)78-69)59-32-40-63(41-33-59)85-55-25-51-81(11-5)12-6/h26-49,76,79H,7-25,50-55H2,1-6H3. The Kier molecular flexibility index (Phi) is 24.0. The van der Waals surface area contributed by atoms with Crippen molar-refractivity contribution in [2.24, 2.45) is 0 Å². The minimum Gasteiger partial charge on any atom is -0.494 e. The van der Waals surface area contributed by atoms with E-state index in [0.29, 0.717) is 26.4 Å². The molecular formula is C75H94N6O4. The first-order valence-electron chi connectivity index (χ1n) is 32.4. The van der Waals surface area contributed by atoms with Crippen LogP contribution in [0.25, 0.3) is 90.9 Å². The van der Waals surface area contributed by atoms with Gasteiger partial charge in [-0.2, -0.15) is 0 Å². The molecule has 8 bridgehead atoms. The lowest BCUT2D eigenvalue weighted by molar-refractivity contribution is 0.249. The fourth-order valence-electron chi connectivity index (χ4n) is 11.6. The lowest BCUT2D eigenvalue weighted by Crippen LogP contribution is -2.25. The van der Waals surface area contributed by atoms with Gasteiger partial charge in [0.25, 0.3) is 0 Å². The highest BCUT2D eigenvalue weighted by Crippen LogP contribution is 2.40. The van der Waals surface area contributed by atoms with Gasteiger partial charge in [-0.05, 0) is 171 Å². The molecule has 0 fully saturated rings. The second-order valence-corrected chi connectivity index (χ2v) is 22.6. The van der Waals surface area contributed by atoms with Crippen molar-refractivity contribution in [2.45, 2.75) is 138 Å². The van der Waals surface area contributed by atoms with Crippen LogP contribution in [0, 0.1) is 0 Å². The molecule has 0 aliphatic carbocycles. The average Bonchev–Trinajstić information content (AvgIpc) is 2.70. The van der Waals surface area contributed by atoms with Crippen LogP contribution in [0.5, 0.6) is 23.0 Å². The quantitative estimate of drug-likeness (QED) is 0.0379. The van der Waals surface area contributed by atoms with E-state index in [-0.39, 0.29) is 0 Å². The van der Waals surface area contributed by atoms with E-state index < -0.39 is 0 Å². The maximum absolute atomic E-state index is 6.38. The molecule has 4 aromatic carbocycles. The fraction of sp³-hybridized carbons (Fsp3) is 0.413. The average molecular weight is 1140 g/mol. The molecular weight excluding hydrogens is 1050 g/mol. The summed E-state index contributed by atoms with van der Waals surface area (Å²) in [5, 5.41) is 0. The smallest absolute Gasteiger partial charge is 0.119 e. The van der Waals surface area contributed by atoms with Crippen LogP contribution in [0.4, 0.5) is 0 Å². The van der Waals surface area contributed by atoms with Gasteiger partial charge >= 0.3 is 0 Å². The van der Waals surface area contributed by atoms with E-state index in [9.17, 15) is 0 Å². The third-order valence-electron chi connectivity index (χ3n) is 16.7. The number of ether oxygens (including phenoxy) is 4. The van der Waals surface area contributed by atoms with Crippen LogP contribution in [-0.4, -0.2) is 95.4 Å². The Balaban J connectivity index is 1.15. The summed E-state index contributed by atoms with van der Waals surface area (Å²) in [6.45, 7) is 22.3. The van der Waals surface area contributed by atoms with Gasteiger partial charge in [-0.15, -0.1) is 0 Å². The lowest BCUT2D eigenvalue weighted by Gasteiger charge is -2.17. The molecule has 2 N–H and O–H groups in total. The number of rotatable bonds is 35. The van der Waals surface area contributed by atoms with Crippen molar-refractivity contribution in [3.05, 3.63) is 144 Å². The van der Waals surface area contributed by atoms with E-state index in [1.165, 1.54) is 57.8 Å². The van der Waals surface area contributed by atoms with E-state index in [1.807, 2.05) is 0 Å². The zero-order valence-corrected chi connectivity index (χ0v) is 52.0. The molecule has 10 heteroatoms. The van der Waals surface area contributed by atoms with Gasteiger partial charge in [-0.3, -0.25) is 0 Å². The van der Waals surface area contributed by atoms with Crippen LogP contribution >= 0.6 is 0 Å². The van der Waals surface area contributed by atoms with Gasteiger partial charge in [0, 0.05) is 57.4 Å². The van der Waals surface area contributed by atoms with Gasteiger partial charge in [-0.25, -0.2) is 9.97 Å². The Morgan fingerprint density at radius 2 is 0.541 bits per heavy atom. The lowest BCUT2D eigenvalue weighted by atomic mass is 10.0. The fourth-order valence-corrected chi connectivity index (χ4v) is 11.6. The molecule has 0 atom stereocenters. The Morgan fingerprint density at radius 3 is 0.824 bits per heavy atom. The van der Waals surface area contributed by atoms with Gasteiger partial charge in [-0.1, -0.05) is 161 Å². The molecule has 7 aromatic rings. The Hall–Kier alpha value is -7.40.